The van der Waals surface area contributed by atoms with Gasteiger partial charge < -0.3 is 19.5 Å². The minimum absolute atomic E-state index is 0.443. The quantitative estimate of drug-likeness (QED) is 0.634. The van der Waals surface area contributed by atoms with Gasteiger partial charge in [-0.1, -0.05) is 12.2 Å². The number of hydrogen-bond donors (Lipinski definition) is 2. The lowest BCUT2D eigenvalue weighted by Gasteiger charge is -2.14. The van der Waals surface area contributed by atoms with Crippen molar-refractivity contribution in [2.24, 2.45) is 0 Å². The monoisotopic (exact) mass is 273 g/mol. The van der Waals surface area contributed by atoms with Crippen molar-refractivity contribution < 1.29 is 14.2 Å². The van der Waals surface area contributed by atoms with Crippen LogP contribution in [0.25, 0.3) is 0 Å². The Morgan fingerprint density at radius 3 is 2.06 bits per heavy atom. The maximum Gasteiger partial charge on any atom is 0.203 e. The molecule has 0 aromatic heterocycles. The van der Waals surface area contributed by atoms with E-state index >= 15 is 0 Å². The van der Waals surface area contributed by atoms with Crippen molar-refractivity contribution in [1.82, 2.24) is 5.32 Å². The minimum Gasteiger partial charge on any atom is -0.493 e. The van der Waals surface area contributed by atoms with Crippen molar-refractivity contribution in [3.63, 3.8) is 0 Å². The highest BCUT2D eigenvalue weighted by molar-refractivity contribution is 8.11. The molecular weight excluding hydrogens is 258 g/mol. The van der Waals surface area contributed by atoms with E-state index in [9.17, 15) is 0 Å². The van der Waals surface area contributed by atoms with Gasteiger partial charge in [-0.3, -0.25) is 0 Å². The predicted octanol–water partition coefficient (Wildman–Crippen LogP) is 2.02. The molecule has 0 aliphatic heterocycles. The first-order chi connectivity index (χ1) is 8.12. The van der Waals surface area contributed by atoms with Crippen molar-refractivity contribution in [3.8, 4) is 17.2 Å². The summed E-state index contributed by atoms with van der Waals surface area (Å²) in [5.74, 6) is 1.81. The van der Waals surface area contributed by atoms with Crippen LogP contribution in [0.5, 0.6) is 17.2 Å². The molecule has 0 bridgehead atoms. The molecule has 1 rings (SSSR count). The van der Waals surface area contributed by atoms with Crippen LogP contribution in [-0.2, 0) is 6.54 Å². The van der Waals surface area contributed by atoms with Crippen LogP contribution in [0.1, 0.15) is 5.56 Å². The Morgan fingerprint density at radius 1 is 1.18 bits per heavy atom. The number of hydrogen-bond acceptors (Lipinski definition) is 4. The summed E-state index contributed by atoms with van der Waals surface area (Å²) in [5, 5.41) is 2.95. The molecule has 0 saturated carbocycles. The first-order valence-electron chi connectivity index (χ1n) is 4.88. The Balaban J connectivity index is 3.04. The average molecular weight is 273 g/mol. The molecular formula is C11H15NO3S2. The predicted molar refractivity (Wildman–Crippen MR) is 74.5 cm³/mol. The molecule has 0 fully saturated rings. The standard InChI is InChI=1S/C11H15NO3S2/c1-13-8-4-7(6-12-11(16)17)5-9(14-2)10(8)15-3/h4-5H,6H2,1-3H3,(H2,12,16,17). The Bertz CT molecular complexity index is 385. The third-order valence-electron chi connectivity index (χ3n) is 2.17. The summed E-state index contributed by atoms with van der Waals surface area (Å²) in [5.41, 5.74) is 0.968. The van der Waals surface area contributed by atoms with E-state index in [1.807, 2.05) is 12.1 Å². The second-order valence-corrected chi connectivity index (χ2v) is 4.35. The lowest BCUT2D eigenvalue weighted by atomic mass is 10.2. The topological polar surface area (TPSA) is 39.7 Å². The van der Waals surface area contributed by atoms with Crippen molar-refractivity contribution >= 4 is 29.2 Å². The van der Waals surface area contributed by atoms with Gasteiger partial charge in [-0.2, -0.15) is 0 Å². The van der Waals surface area contributed by atoms with Crippen LogP contribution in [0.4, 0.5) is 0 Å². The Morgan fingerprint density at radius 2 is 1.71 bits per heavy atom. The molecule has 0 spiro atoms. The van der Waals surface area contributed by atoms with Crippen LogP contribution in [0.2, 0.25) is 0 Å². The molecule has 1 aromatic rings. The smallest absolute Gasteiger partial charge is 0.203 e. The summed E-state index contributed by atoms with van der Waals surface area (Å²) in [6.07, 6.45) is 0. The van der Waals surface area contributed by atoms with E-state index in [0.717, 1.165) is 5.56 Å². The van der Waals surface area contributed by atoms with Crippen molar-refractivity contribution in [1.29, 1.82) is 0 Å². The van der Waals surface area contributed by atoms with Gasteiger partial charge in [0.25, 0.3) is 0 Å². The molecule has 0 heterocycles. The number of ether oxygens (including phenoxy) is 3. The van der Waals surface area contributed by atoms with E-state index in [0.29, 0.717) is 28.1 Å². The van der Waals surface area contributed by atoms with Crippen LogP contribution in [0, 0.1) is 0 Å². The number of nitrogens with one attached hydrogen (secondary N) is 1. The van der Waals surface area contributed by atoms with E-state index in [1.165, 1.54) is 0 Å². The zero-order valence-corrected chi connectivity index (χ0v) is 11.7. The molecule has 0 atom stereocenters. The molecule has 0 amide bonds. The summed E-state index contributed by atoms with van der Waals surface area (Å²) in [6, 6.07) is 3.72. The van der Waals surface area contributed by atoms with Gasteiger partial charge in [0.15, 0.2) is 11.5 Å². The maximum atomic E-state index is 5.24. The fraction of sp³-hybridized carbons (Fsp3) is 0.364. The first-order valence-corrected chi connectivity index (χ1v) is 5.73. The molecule has 0 unspecified atom stereocenters. The highest BCUT2D eigenvalue weighted by Gasteiger charge is 2.12. The third kappa shape index (κ3) is 3.67. The lowest BCUT2D eigenvalue weighted by Crippen LogP contribution is -2.15. The van der Waals surface area contributed by atoms with Crippen molar-refractivity contribution in [2.45, 2.75) is 6.54 Å². The Labute approximate surface area is 112 Å². The van der Waals surface area contributed by atoms with Crippen LogP contribution >= 0.6 is 24.8 Å². The van der Waals surface area contributed by atoms with Gasteiger partial charge in [-0.05, 0) is 17.7 Å². The number of thiol groups is 1. The zero-order chi connectivity index (χ0) is 12.8. The van der Waals surface area contributed by atoms with Gasteiger partial charge in [-0.25, -0.2) is 0 Å². The van der Waals surface area contributed by atoms with Gasteiger partial charge in [0, 0.05) is 6.54 Å². The number of rotatable bonds is 5. The molecule has 17 heavy (non-hydrogen) atoms. The van der Waals surface area contributed by atoms with Crippen molar-refractivity contribution in [3.05, 3.63) is 17.7 Å². The third-order valence-corrected chi connectivity index (χ3v) is 2.47. The van der Waals surface area contributed by atoms with Gasteiger partial charge in [-0.15, -0.1) is 12.6 Å². The minimum atomic E-state index is 0.443. The summed E-state index contributed by atoms with van der Waals surface area (Å²) in [7, 11) is 4.73. The fourth-order valence-electron chi connectivity index (χ4n) is 1.42. The van der Waals surface area contributed by atoms with Gasteiger partial charge in [0.05, 0.1) is 21.3 Å². The van der Waals surface area contributed by atoms with Crippen LogP contribution < -0.4 is 19.5 Å². The largest absolute Gasteiger partial charge is 0.493 e. The molecule has 94 valence electrons. The van der Waals surface area contributed by atoms with E-state index in [4.69, 9.17) is 26.4 Å². The molecule has 0 aliphatic carbocycles. The summed E-state index contributed by atoms with van der Waals surface area (Å²) in [6.45, 7) is 0.555. The molecule has 1 aromatic carbocycles. The van der Waals surface area contributed by atoms with E-state index in [-0.39, 0.29) is 0 Å². The average Bonchev–Trinajstić information content (AvgIpc) is 2.34. The molecule has 0 aliphatic rings. The Kier molecular flexibility index (Phi) is 5.37. The second-order valence-electron chi connectivity index (χ2n) is 3.19. The van der Waals surface area contributed by atoms with Gasteiger partial charge >= 0.3 is 0 Å². The maximum absolute atomic E-state index is 5.24. The summed E-state index contributed by atoms with van der Waals surface area (Å²) < 4.78 is 16.2. The van der Waals surface area contributed by atoms with E-state index in [2.05, 4.69) is 17.9 Å². The van der Waals surface area contributed by atoms with Crippen molar-refractivity contribution in [2.75, 3.05) is 21.3 Å². The lowest BCUT2D eigenvalue weighted by molar-refractivity contribution is 0.323. The molecule has 0 saturated heterocycles. The van der Waals surface area contributed by atoms with E-state index < -0.39 is 0 Å². The second kappa shape index (κ2) is 6.56. The highest BCUT2D eigenvalue weighted by Crippen LogP contribution is 2.38. The zero-order valence-electron chi connectivity index (χ0n) is 9.94. The van der Waals surface area contributed by atoms with Gasteiger partial charge in [0.1, 0.15) is 4.32 Å². The SMILES string of the molecule is COc1cc(CNC(=S)S)cc(OC)c1OC. The van der Waals surface area contributed by atoms with Gasteiger partial charge in [0.2, 0.25) is 5.75 Å². The van der Waals surface area contributed by atoms with E-state index in [1.54, 1.807) is 21.3 Å². The Hall–Kier alpha value is -1.14. The number of methoxy groups -OCH3 is 3. The highest BCUT2D eigenvalue weighted by atomic mass is 32.1. The molecule has 6 heteroatoms. The fourth-order valence-corrected chi connectivity index (χ4v) is 1.57. The van der Waals surface area contributed by atoms with Crippen LogP contribution in [-0.4, -0.2) is 25.6 Å². The number of benzene rings is 1. The number of thiocarbonyl (C=S) groups is 1. The summed E-state index contributed by atoms with van der Waals surface area (Å²) >= 11 is 8.83. The molecule has 0 radical (unpaired) electrons. The molecule has 4 nitrogen and oxygen atoms in total. The first kappa shape index (κ1) is 13.9. The molecule has 1 N–H and O–H groups in total. The van der Waals surface area contributed by atoms with Crippen LogP contribution in [0.15, 0.2) is 12.1 Å². The normalized spacial score (nSPS) is 9.65. The summed E-state index contributed by atoms with van der Waals surface area (Å²) in [4.78, 5) is 0. The van der Waals surface area contributed by atoms with Crippen LogP contribution in [0.3, 0.4) is 0 Å².